The number of hydrogen-bond donors (Lipinski definition) is 1. The van der Waals surface area contributed by atoms with Crippen molar-refractivity contribution >= 4 is 0 Å². The van der Waals surface area contributed by atoms with Gasteiger partial charge in [-0.3, -0.25) is 0 Å². The van der Waals surface area contributed by atoms with Crippen molar-refractivity contribution in [2.75, 3.05) is 14.2 Å². The molecule has 0 spiro atoms. The van der Waals surface area contributed by atoms with Gasteiger partial charge in [0, 0.05) is 0 Å². The highest BCUT2D eigenvalue weighted by Crippen LogP contribution is 2.40. The Bertz CT molecular complexity index is 380. The minimum atomic E-state index is -2.71. The van der Waals surface area contributed by atoms with E-state index in [1.807, 2.05) is 6.92 Å². The summed E-state index contributed by atoms with van der Waals surface area (Å²) in [6, 6.07) is 3.32. The van der Waals surface area contributed by atoms with Crippen LogP contribution in [-0.4, -0.2) is 20.6 Å². The third kappa shape index (κ3) is 2.49. The van der Waals surface area contributed by atoms with E-state index >= 15 is 0 Å². The van der Waals surface area contributed by atoms with Crippen LogP contribution in [0.2, 0.25) is 0 Å². The maximum absolute atomic E-state index is 13.0. The van der Waals surface area contributed by atoms with Gasteiger partial charge in [-0.2, -0.15) is 0 Å². The lowest BCUT2D eigenvalue weighted by molar-refractivity contribution is 0.0595. The van der Waals surface area contributed by atoms with Crippen molar-refractivity contribution < 1.29 is 18.3 Å². The third-order valence-electron chi connectivity index (χ3n) is 2.64. The lowest BCUT2D eigenvalue weighted by Gasteiger charge is -2.28. The first-order valence-corrected chi connectivity index (χ1v) is 5.14. The molecular formula is C12H17F2NO2. The summed E-state index contributed by atoms with van der Waals surface area (Å²) in [5.41, 5.74) is 4.90. The first kappa shape index (κ1) is 13.7. The van der Waals surface area contributed by atoms with Gasteiger partial charge in [0.25, 0.3) is 6.43 Å². The van der Waals surface area contributed by atoms with Crippen molar-refractivity contribution in [2.24, 2.45) is 5.73 Å². The van der Waals surface area contributed by atoms with Crippen LogP contribution in [0, 0.1) is 6.92 Å². The molecule has 1 unspecified atom stereocenters. The van der Waals surface area contributed by atoms with Crippen LogP contribution in [0.3, 0.4) is 0 Å². The molecule has 0 saturated heterocycles. The molecule has 3 nitrogen and oxygen atoms in total. The summed E-state index contributed by atoms with van der Waals surface area (Å²) < 4.78 is 36.2. The summed E-state index contributed by atoms with van der Waals surface area (Å²) in [7, 11) is 2.83. The molecule has 0 heterocycles. The molecule has 0 aliphatic heterocycles. The third-order valence-corrected chi connectivity index (χ3v) is 2.64. The molecule has 5 heteroatoms. The zero-order chi connectivity index (χ0) is 13.2. The maximum atomic E-state index is 13.0. The van der Waals surface area contributed by atoms with Crippen molar-refractivity contribution in [3.8, 4) is 11.5 Å². The van der Waals surface area contributed by atoms with E-state index in [-0.39, 0.29) is 5.56 Å². The number of ether oxygens (including phenoxy) is 2. The van der Waals surface area contributed by atoms with Crippen LogP contribution in [0.4, 0.5) is 8.78 Å². The Hall–Kier alpha value is -1.36. The second kappa shape index (κ2) is 4.87. The van der Waals surface area contributed by atoms with Gasteiger partial charge in [0.1, 0.15) is 17.0 Å². The van der Waals surface area contributed by atoms with Gasteiger partial charge in [0.15, 0.2) is 0 Å². The first-order valence-electron chi connectivity index (χ1n) is 5.14. The van der Waals surface area contributed by atoms with Gasteiger partial charge in [0.05, 0.1) is 19.8 Å². The van der Waals surface area contributed by atoms with E-state index in [1.165, 1.54) is 21.1 Å². The zero-order valence-electron chi connectivity index (χ0n) is 10.4. The van der Waals surface area contributed by atoms with Gasteiger partial charge in [-0.05, 0) is 31.5 Å². The molecule has 1 rings (SSSR count). The summed E-state index contributed by atoms with van der Waals surface area (Å²) in [6.07, 6.45) is -2.71. The molecule has 1 aromatic carbocycles. The Labute approximate surface area is 99.5 Å². The lowest BCUT2D eigenvalue weighted by atomic mass is 9.91. The monoisotopic (exact) mass is 245 g/mol. The molecule has 2 N–H and O–H groups in total. The molecule has 1 atom stereocenters. The van der Waals surface area contributed by atoms with Crippen molar-refractivity contribution in [1.29, 1.82) is 0 Å². The Balaban J connectivity index is 3.49. The number of benzene rings is 1. The number of aryl methyl sites for hydroxylation is 1. The molecule has 0 aliphatic rings. The Morgan fingerprint density at radius 3 is 1.88 bits per heavy atom. The van der Waals surface area contributed by atoms with Gasteiger partial charge < -0.3 is 15.2 Å². The summed E-state index contributed by atoms with van der Waals surface area (Å²) >= 11 is 0. The van der Waals surface area contributed by atoms with E-state index in [1.54, 1.807) is 12.1 Å². The minimum absolute atomic E-state index is 0.183. The molecule has 0 amide bonds. The minimum Gasteiger partial charge on any atom is -0.496 e. The van der Waals surface area contributed by atoms with Gasteiger partial charge in [-0.1, -0.05) is 0 Å². The summed E-state index contributed by atoms with van der Waals surface area (Å²) in [6.45, 7) is 3.08. The fraction of sp³-hybridized carbons (Fsp3) is 0.500. The summed E-state index contributed by atoms with van der Waals surface area (Å²) in [5, 5.41) is 0. The van der Waals surface area contributed by atoms with E-state index < -0.39 is 12.0 Å². The van der Waals surface area contributed by atoms with Gasteiger partial charge in [0.2, 0.25) is 0 Å². The second-order valence-electron chi connectivity index (χ2n) is 4.13. The number of hydrogen-bond acceptors (Lipinski definition) is 3. The normalized spacial score (nSPS) is 14.6. The second-order valence-corrected chi connectivity index (χ2v) is 4.13. The zero-order valence-corrected chi connectivity index (χ0v) is 10.4. The van der Waals surface area contributed by atoms with E-state index in [0.717, 1.165) is 5.56 Å². The molecule has 1 aromatic rings. The molecule has 17 heavy (non-hydrogen) atoms. The van der Waals surface area contributed by atoms with Crippen LogP contribution in [0.15, 0.2) is 12.1 Å². The van der Waals surface area contributed by atoms with Crippen LogP contribution in [0.1, 0.15) is 18.1 Å². The Morgan fingerprint density at radius 1 is 1.18 bits per heavy atom. The van der Waals surface area contributed by atoms with Gasteiger partial charge in [-0.15, -0.1) is 0 Å². The van der Waals surface area contributed by atoms with E-state index in [9.17, 15) is 8.78 Å². The largest absolute Gasteiger partial charge is 0.496 e. The van der Waals surface area contributed by atoms with Crippen LogP contribution >= 0.6 is 0 Å². The Morgan fingerprint density at radius 2 is 1.59 bits per heavy atom. The average molecular weight is 245 g/mol. The van der Waals surface area contributed by atoms with Crippen molar-refractivity contribution in [3.63, 3.8) is 0 Å². The van der Waals surface area contributed by atoms with Gasteiger partial charge >= 0.3 is 0 Å². The molecule has 0 bridgehead atoms. The molecule has 0 saturated carbocycles. The van der Waals surface area contributed by atoms with Crippen molar-refractivity contribution in [2.45, 2.75) is 25.8 Å². The molecule has 0 aliphatic carbocycles. The predicted octanol–water partition coefficient (Wildman–Crippen LogP) is 2.45. The number of rotatable bonds is 4. The highest BCUT2D eigenvalue weighted by molar-refractivity contribution is 5.51. The summed E-state index contributed by atoms with van der Waals surface area (Å²) in [5.74, 6) is 0.624. The Kier molecular flexibility index (Phi) is 3.93. The van der Waals surface area contributed by atoms with Crippen LogP contribution in [-0.2, 0) is 5.54 Å². The number of alkyl halides is 2. The highest BCUT2D eigenvalue weighted by Gasteiger charge is 2.38. The van der Waals surface area contributed by atoms with E-state index in [2.05, 4.69) is 0 Å². The molecule has 0 aromatic heterocycles. The fourth-order valence-electron chi connectivity index (χ4n) is 1.68. The number of methoxy groups -OCH3 is 2. The predicted molar refractivity (Wildman–Crippen MR) is 61.8 cm³/mol. The quantitative estimate of drug-likeness (QED) is 0.886. The van der Waals surface area contributed by atoms with Crippen LogP contribution in [0.5, 0.6) is 11.5 Å². The fourth-order valence-corrected chi connectivity index (χ4v) is 1.68. The molecule has 0 radical (unpaired) electrons. The van der Waals surface area contributed by atoms with E-state index in [0.29, 0.717) is 11.5 Å². The maximum Gasteiger partial charge on any atom is 0.260 e. The van der Waals surface area contributed by atoms with Crippen molar-refractivity contribution in [3.05, 3.63) is 23.3 Å². The smallest absolute Gasteiger partial charge is 0.260 e. The van der Waals surface area contributed by atoms with Crippen LogP contribution in [0.25, 0.3) is 0 Å². The van der Waals surface area contributed by atoms with Crippen molar-refractivity contribution in [1.82, 2.24) is 0 Å². The van der Waals surface area contributed by atoms with E-state index in [4.69, 9.17) is 15.2 Å². The topological polar surface area (TPSA) is 44.5 Å². The highest BCUT2D eigenvalue weighted by atomic mass is 19.3. The van der Waals surface area contributed by atoms with Crippen LogP contribution < -0.4 is 15.2 Å². The lowest BCUT2D eigenvalue weighted by Crippen LogP contribution is -2.41. The average Bonchev–Trinajstić information content (AvgIpc) is 2.26. The SMILES string of the molecule is COc1cc(C)cc(OC)c1C(C)(N)C(F)F. The number of nitrogens with two attached hydrogens (primary N) is 1. The van der Waals surface area contributed by atoms with Gasteiger partial charge in [-0.25, -0.2) is 8.78 Å². The number of halogens is 2. The standard InChI is InChI=1S/C12H17F2NO2/c1-7-5-8(16-3)10(9(6-7)17-4)12(2,15)11(13)14/h5-6,11H,15H2,1-4H3. The first-order chi connectivity index (χ1) is 7.84. The molecule has 0 fully saturated rings. The molecular weight excluding hydrogens is 228 g/mol. The summed E-state index contributed by atoms with van der Waals surface area (Å²) in [4.78, 5) is 0. The molecule has 96 valence electrons.